The lowest BCUT2D eigenvalue weighted by Gasteiger charge is -2.44. The Balaban J connectivity index is 1.41. The third-order valence-corrected chi connectivity index (χ3v) is 13.8. The van der Waals surface area contributed by atoms with Gasteiger partial charge >= 0.3 is 22.7 Å². The summed E-state index contributed by atoms with van der Waals surface area (Å²) in [6, 6.07) is 5.00. The lowest BCUT2D eigenvalue weighted by molar-refractivity contribution is -0.392. The van der Waals surface area contributed by atoms with Gasteiger partial charge in [0, 0.05) is 62.8 Å². The smallest absolute Gasteiger partial charge is 0.301 e. The second-order valence-corrected chi connectivity index (χ2v) is 16.8. The van der Waals surface area contributed by atoms with Crippen LogP contribution in [-0.4, -0.2) is 83.7 Å². The molecule has 2 aliphatic carbocycles. The van der Waals surface area contributed by atoms with Crippen LogP contribution >= 0.6 is 31.9 Å². The molecule has 0 aromatic heterocycles. The number of imide groups is 2. The predicted octanol–water partition coefficient (Wildman–Crippen LogP) is 5.74. The van der Waals surface area contributed by atoms with Crippen molar-refractivity contribution in [1.29, 1.82) is 0 Å². The van der Waals surface area contributed by atoms with Gasteiger partial charge in [-0.05, 0) is 62.2 Å². The van der Waals surface area contributed by atoms with E-state index in [1.807, 2.05) is 0 Å². The largest absolute Gasteiger partial charge is 0.503 e. The van der Waals surface area contributed by atoms with E-state index in [-0.39, 0.29) is 50.2 Å². The number of ether oxygens (including phenoxy) is 1. The van der Waals surface area contributed by atoms with E-state index in [1.165, 1.54) is 41.4 Å². The first-order chi connectivity index (χ1) is 28.6. The Labute approximate surface area is 360 Å². The highest BCUT2D eigenvalue weighted by atomic mass is 79.9. The fourth-order valence-corrected chi connectivity index (χ4v) is 10.3. The summed E-state index contributed by atoms with van der Waals surface area (Å²) in [5, 5.41) is 59.8. The number of fused-ring (bicyclic) bond motifs is 4. The average Bonchev–Trinajstić information content (AvgIpc) is 3.61. The van der Waals surface area contributed by atoms with Crippen LogP contribution in [-0.2, 0) is 19.2 Å². The zero-order chi connectivity index (χ0) is 44.8. The van der Waals surface area contributed by atoms with E-state index in [1.54, 1.807) is 6.08 Å². The molecule has 61 heavy (non-hydrogen) atoms. The summed E-state index contributed by atoms with van der Waals surface area (Å²) in [6.45, 7) is 0. The van der Waals surface area contributed by atoms with Crippen LogP contribution in [0.5, 0.6) is 11.5 Å². The number of methoxy groups -OCH3 is 1. The first-order valence-electron chi connectivity index (χ1n) is 18.1. The Bertz CT molecular complexity index is 2530. The molecule has 1 saturated carbocycles. The molecule has 4 aliphatic rings. The number of allylic oxidation sites excluding steroid dienone is 2. The zero-order valence-corrected chi connectivity index (χ0v) is 35.6. The molecule has 7 rings (SSSR count). The molecule has 2 heterocycles. The third kappa shape index (κ3) is 6.42. The predicted molar refractivity (Wildman–Crippen MR) is 221 cm³/mol. The van der Waals surface area contributed by atoms with Gasteiger partial charge in [0.25, 0.3) is 0 Å². The standard InChI is InChI=1S/C37H32Br2N8O14/c1-40(2)31-21(44(53)54)8-14(9-22(31)45(55)56)42-34(49)17-7-6-16-18(27(17)36(42)51)12-20-28(26(16)19-13-25(61-5)33(48)30(39)29(19)38)37(52)43(35(20)50)15-10-23(46(57)58)32(41(3)4)24(11-15)47(59)60/h6,8-11,13,17-18,20,26-28,48H,7,12H2,1-5H3. The van der Waals surface area contributed by atoms with E-state index in [9.17, 15) is 64.7 Å². The molecule has 2 aliphatic heterocycles. The molecule has 24 heteroatoms. The van der Waals surface area contributed by atoms with Crippen LogP contribution in [0, 0.1) is 70.0 Å². The van der Waals surface area contributed by atoms with Crippen LogP contribution in [0.1, 0.15) is 24.3 Å². The molecule has 3 aromatic carbocycles. The Hall–Kier alpha value is -6.56. The molecule has 6 atom stereocenters. The van der Waals surface area contributed by atoms with Gasteiger partial charge in [0.15, 0.2) is 22.9 Å². The minimum atomic E-state index is -1.30. The summed E-state index contributed by atoms with van der Waals surface area (Å²) in [5.41, 5.74) is -3.92. The van der Waals surface area contributed by atoms with Gasteiger partial charge in [-0.2, -0.15) is 0 Å². The first-order valence-corrected chi connectivity index (χ1v) is 19.7. The number of amides is 4. The SMILES string of the molecule is COc1cc(C2C3=CCC4C(=O)N(c5cc([N+](=O)[O-])c(N(C)C)c([N+](=O)[O-])c5)C(=O)C4C3CC3C(=O)N(c4cc([N+](=O)[O-])c(N(C)C)c([N+](=O)[O-])c4)C(=O)C32)c(Br)c(Br)c1O. The van der Waals surface area contributed by atoms with Gasteiger partial charge in [-0.25, -0.2) is 9.80 Å². The zero-order valence-electron chi connectivity index (χ0n) is 32.4. The minimum Gasteiger partial charge on any atom is -0.503 e. The molecular weight excluding hydrogens is 940 g/mol. The fraction of sp³-hybridized carbons (Fsp3) is 0.351. The quantitative estimate of drug-likeness (QED) is 0.110. The second kappa shape index (κ2) is 15.2. The van der Waals surface area contributed by atoms with Gasteiger partial charge in [-0.15, -0.1) is 0 Å². The molecule has 22 nitrogen and oxygen atoms in total. The van der Waals surface area contributed by atoms with E-state index in [0.29, 0.717) is 15.4 Å². The molecule has 0 spiro atoms. The monoisotopic (exact) mass is 970 g/mol. The molecular formula is C37H32Br2N8O14. The van der Waals surface area contributed by atoms with Crippen LogP contribution in [0.2, 0.25) is 0 Å². The topological polar surface area (TPSA) is 283 Å². The lowest BCUT2D eigenvalue weighted by atomic mass is 9.57. The number of phenols is 1. The number of halogens is 2. The van der Waals surface area contributed by atoms with Crippen LogP contribution < -0.4 is 24.3 Å². The first kappa shape index (κ1) is 42.6. The number of phenolic OH excluding ortho intramolecular Hbond substituents is 1. The maximum absolute atomic E-state index is 14.8. The number of anilines is 4. The van der Waals surface area contributed by atoms with Crippen LogP contribution in [0.4, 0.5) is 45.5 Å². The number of carbonyl (C=O) groups is 4. The molecule has 1 N–H and O–H groups in total. The summed E-state index contributed by atoms with van der Waals surface area (Å²) in [6.07, 6.45) is 1.31. The highest BCUT2D eigenvalue weighted by molar-refractivity contribution is 9.13. The Kier molecular flexibility index (Phi) is 10.6. The van der Waals surface area contributed by atoms with Gasteiger partial charge < -0.3 is 19.6 Å². The highest BCUT2D eigenvalue weighted by Crippen LogP contribution is 2.61. The van der Waals surface area contributed by atoms with Crippen molar-refractivity contribution in [2.75, 3.05) is 54.9 Å². The van der Waals surface area contributed by atoms with Crippen molar-refractivity contribution in [3.8, 4) is 11.5 Å². The number of hydrogen-bond donors (Lipinski definition) is 1. The summed E-state index contributed by atoms with van der Waals surface area (Å²) >= 11 is 6.82. The van der Waals surface area contributed by atoms with Crippen molar-refractivity contribution < 1.29 is 48.7 Å². The number of aromatic hydroxyl groups is 1. The molecule has 4 amide bonds. The molecule has 6 unspecified atom stereocenters. The van der Waals surface area contributed by atoms with Crippen molar-refractivity contribution in [3.05, 3.63) is 96.9 Å². The van der Waals surface area contributed by atoms with Crippen molar-refractivity contribution >= 4 is 101 Å². The Morgan fingerprint density at radius 1 is 0.656 bits per heavy atom. The van der Waals surface area contributed by atoms with E-state index >= 15 is 0 Å². The Morgan fingerprint density at radius 2 is 1.08 bits per heavy atom. The van der Waals surface area contributed by atoms with E-state index in [4.69, 9.17) is 4.74 Å². The summed E-state index contributed by atoms with van der Waals surface area (Å²) in [4.78, 5) is 107. The molecule has 318 valence electrons. The van der Waals surface area contributed by atoms with E-state index in [0.717, 1.165) is 34.1 Å². The Morgan fingerprint density at radius 3 is 1.49 bits per heavy atom. The van der Waals surface area contributed by atoms with E-state index < -0.39 is 113 Å². The fourth-order valence-electron chi connectivity index (χ4n) is 9.35. The van der Waals surface area contributed by atoms with Crippen molar-refractivity contribution in [2.24, 2.45) is 29.6 Å². The summed E-state index contributed by atoms with van der Waals surface area (Å²) < 4.78 is 5.73. The molecule has 0 radical (unpaired) electrons. The van der Waals surface area contributed by atoms with Gasteiger partial charge in [-0.1, -0.05) is 11.6 Å². The number of rotatable bonds is 10. The van der Waals surface area contributed by atoms with Crippen molar-refractivity contribution in [1.82, 2.24) is 0 Å². The van der Waals surface area contributed by atoms with Gasteiger partial charge in [0.1, 0.15) is 0 Å². The number of hydrogen-bond acceptors (Lipinski definition) is 16. The van der Waals surface area contributed by atoms with Gasteiger partial charge in [0.2, 0.25) is 23.6 Å². The highest BCUT2D eigenvalue weighted by Gasteiger charge is 2.63. The minimum absolute atomic E-state index is 0.0557. The maximum Gasteiger partial charge on any atom is 0.301 e. The second-order valence-electron chi connectivity index (χ2n) is 15.2. The van der Waals surface area contributed by atoms with Crippen LogP contribution in [0.25, 0.3) is 0 Å². The van der Waals surface area contributed by atoms with Gasteiger partial charge in [0.05, 0.1) is 66.3 Å². The summed E-state index contributed by atoms with van der Waals surface area (Å²) in [5.74, 6) is -10.9. The van der Waals surface area contributed by atoms with Crippen LogP contribution in [0.3, 0.4) is 0 Å². The lowest BCUT2D eigenvalue weighted by Crippen LogP contribution is -2.43. The maximum atomic E-state index is 14.8. The summed E-state index contributed by atoms with van der Waals surface area (Å²) in [7, 11) is 6.68. The van der Waals surface area contributed by atoms with Crippen molar-refractivity contribution in [3.63, 3.8) is 0 Å². The third-order valence-electron chi connectivity index (χ3n) is 11.7. The van der Waals surface area contributed by atoms with E-state index in [2.05, 4.69) is 31.9 Å². The number of nitrogens with zero attached hydrogens (tertiary/aromatic N) is 8. The van der Waals surface area contributed by atoms with Crippen LogP contribution in [0.15, 0.2) is 50.9 Å². The van der Waals surface area contributed by atoms with Crippen molar-refractivity contribution in [2.45, 2.75) is 18.8 Å². The molecule has 3 fully saturated rings. The number of nitro groups is 4. The molecule has 0 bridgehead atoms. The molecule has 2 saturated heterocycles. The number of benzene rings is 3. The molecule has 3 aromatic rings. The average molecular weight is 973 g/mol. The number of nitro benzene ring substituents is 4. The normalized spacial score (nSPS) is 23.0. The van der Waals surface area contributed by atoms with Gasteiger partial charge in [-0.3, -0.25) is 59.6 Å². The number of carbonyl (C=O) groups excluding carboxylic acids is 4.